The molecule has 1 unspecified atom stereocenters. The number of carbonyl (C=O) groups is 1. The van der Waals surface area contributed by atoms with Crippen molar-refractivity contribution in [1.29, 1.82) is 0 Å². The molecule has 0 aliphatic carbocycles. The van der Waals surface area contributed by atoms with Gasteiger partial charge in [-0.15, -0.1) is 0 Å². The minimum Gasteiger partial charge on any atom is -0.362 e. The quantitative estimate of drug-likeness (QED) is 0.628. The van der Waals surface area contributed by atoms with Gasteiger partial charge in [-0.05, 0) is 25.0 Å². The fraction of sp³-hybridized carbons (Fsp3) is 0.611. The average molecular weight is 382 g/mol. The number of piperidine rings is 1. The van der Waals surface area contributed by atoms with E-state index in [0.717, 1.165) is 13.1 Å². The van der Waals surface area contributed by atoms with Gasteiger partial charge in [0.2, 0.25) is 0 Å². The number of amides is 1. The number of quaternary nitrogens is 1. The van der Waals surface area contributed by atoms with Crippen LogP contribution in [-0.4, -0.2) is 61.5 Å². The molecule has 1 aromatic rings. The summed E-state index contributed by atoms with van der Waals surface area (Å²) in [5.74, 6) is 0.883. The van der Waals surface area contributed by atoms with Gasteiger partial charge in [-0.2, -0.15) is 0 Å². The summed E-state index contributed by atoms with van der Waals surface area (Å²) in [4.78, 5) is 28.7. The summed E-state index contributed by atoms with van der Waals surface area (Å²) in [6, 6.07) is 4.74. The van der Waals surface area contributed by atoms with Gasteiger partial charge in [0.05, 0.1) is 18.0 Å². The van der Waals surface area contributed by atoms with Crippen molar-refractivity contribution in [2.45, 2.75) is 19.8 Å². The Balaban J connectivity index is 1.57. The molecule has 26 heavy (non-hydrogen) atoms. The van der Waals surface area contributed by atoms with Crippen LogP contribution >= 0.6 is 11.6 Å². The Hall–Kier alpha value is -1.86. The van der Waals surface area contributed by atoms with Crippen molar-refractivity contribution in [2.75, 3.05) is 50.7 Å². The largest absolute Gasteiger partial charge is 0.362 e. The molecule has 2 fully saturated rings. The molecule has 0 saturated carbocycles. The van der Waals surface area contributed by atoms with E-state index in [1.807, 2.05) is 9.80 Å². The second-order valence-electron chi connectivity index (χ2n) is 7.39. The Morgan fingerprint density at radius 2 is 2.08 bits per heavy atom. The van der Waals surface area contributed by atoms with E-state index in [0.29, 0.717) is 49.4 Å². The summed E-state index contributed by atoms with van der Waals surface area (Å²) in [5.41, 5.74) is 0.589. The zero-order valence-corrected chi connectivity index (χ0v) is 15.9. The molecule has 0 radical (unpaired) electrons. The highest BCUT2D eigenvalue weighted by molar-refractivity contribution is 6.30. The molecule has 1 aromatic carbocycles. The fourth-order valence-corrected chi connectivity index (χ4v) is 4.16. The van der Waals surface area contributed by atoms with Crippen LogP contribution in [-0.2, 0) is 4.79 Å². The molecule has 2 heterocycles. The lowest BCUT2D eigenvalue weighted by atomic mass is 10.0. The molecule has 2 aliphatic rings. The van der Waals surface area contributed by atoms with Crippen LogP contribution < -0.4 is 9.80 Å². The number of likely N-dealkylation sites (tertiary alicyclic amines) is 1. The topological polar surface area (TPSA) is 71.1 Å². The maximum Gasteiger partial charge on any atom is 0.294 e. The molecule has 2 atom stereocenters. The van der Waals surface area contributed by atoms with Crippen molar-refractivity contribution in [2.24, 2.45) is 5.92 Å². The number of nitro benzene ring substituents is 1. The van der Waals surface area contributed by atoms with Crippen LogP contribution in [0, 0.1) is 16.0 Å². The third-order valence-corrected chi connectivity index (χ3v) is 5.61. The minimum absolute atomic E-state index is 0.0176. The van der Waals surface area contributed by atoms with Crippen molar-refractivity contribution in [3.8, 4) is 0 Å². The first-order valence-electron chi connectivity index (χ1n) is 9.24. The second kappa shape index (κ2) is 8.22. The average Bonchev–Trinajstić information content (AvgIpc) is 2.62. The minimum atomic E-state index is -0.403. The molecule has 1 N–H and O–H groups in total. The number of nitrogens with one attached hydrogen (secondary N) is 1. The molecular weight excluding hydrogens is 356 g/mol. The standard InChI is InChI=1S/C18H25ClN4O3/c1-14-3-2-6-20(12-14)13-18(24)22-9-7-21(8-10-22)16-5-4-15(19)11-17(16)23(25)26/h4-5,11,14H,2-3,6-10,12-13H2,1H3/p+1/t14-/m0/s1. The van der Waals surface area contributed by atoms with E-state index in [4.69, 9.17) is 11.6 Å². The zero-order valence-electron chi connectivity index (χ0n) is 15.1. The van der Waals surface area contributed by atoms with E-state index in [2.05, 4.69) is 6.92 Å². The molecule has 1 amide bonds. The highest BCUT2D eigenvalue weighted by Gasteiger charge is 2.29. The first-order valence-corrected chi connectivity index (χ1v) is 9.62. The van der Waals surface area contributed by atoms with E-state index < -0.39 is 4.92 Å². The first kappa shape index (κ1) is 18.9. The van der Waals surface area contributed by atoms with Gasteiger partial charge < -0.3 is 14.7 Å². The Bertz CT molecular complexity index is 676. The zero-order chi connectivity index (χ0) is 18.7. The number of hydrogen-bond acceptors (Lipinski definition) is 4. The number of nitro groups is 1. The van der Waals surface area contributed by atoms with Crippen molar-refractivity contribution < 1.29 is 14.6 Å². The lowest BCUT2D eigenvalue weighted by Crippen LogP contribution is -3.14. The number of piperazine rings is 1. The van der Waals surface area contributed by atoms with Crippen molar-refractivity contribution in [1.82, 2.24) is 4.90 Å². The Kier molecular flexibility index (Phi) is 5.98. The number of halogens is 1. The van der Waals surface area contributed by atoms with Crippen LogP contribution in [0.3, 0.4) is 0 Å². The number of hydrogen-bond donors (Lipinski definition) is 1. The first-order chi connectivity index (χ1) is 12.4. The van der Waals surface area contributed by atoms with Gasteiger partial charge in [0.1, 0.15) is 5.69 Å². The van der Waals surface area contributed by atoms with Crippen molar-refractivity contribution in [3.05, 3.63) is 33.3 Å². The highest BCUT2D eigenvalue weighted by atomic mass is 35.5. The number of benzene rings is 1. The van der Waals surface area contributed by atoms with Gasteiger partial charge in [-0.3, -0.25) is 14.9 Å². The van der Waals surface area contributed by atoms with Crippen LogP contribution in [0.1, 0.15) is 19.8 Å². The molecule has 0 bridgehead atoms. The number of rotatable bonds is 4. The third kappa shape index (κ3) is 4.45. The van der Waals surface area contributed by atoms with Gasteiger partial charge in [0.25, 0.3) is 11.6 Å². The number of nitrogens with zero attached hydrogens (tertiary/aromatic N) is 3. The Labute approximate surface area is 158 Å². The lowest BCUT2D eigenvalue weighted by molar-refractivity contribution is -0.900. The van der Waals surface area contributed by atoms with E-state index in [-0.39, 0.29) is 11.6 Å². The molecule has 7 nitrogen and oxygen atoms in total. The Morgan fingerprint density at radius 1 is 1.35 bits per heavy atom. The molecule has 8 heteroatoms. The van der Waals surface area contributed by atoms with Crippen LogP contribution in [0.25, 0.3) is 0 Å². The molecule has 2 saturated heterocycles. The summed E-state index contributed by atoms with van der Waals surface area (Å²) in [6.45, 7) is 7.35. The summed E-state index contributed by atoms with van der Waals surface area (Å²) in [7, 11) is 0. The predicted octanol–water partition coefficient (Wildman–Crippen LogP) is 1.21. The van der Waals surface area contributed by atoms with Gasteiger partial charge in [-0.25, -0.2) is 0 Å². The summed E-state index contributed by atoms with van der Waals surface area (Å²) >= 11 is 5.89. The molecule has 142 valence electrons. The van der Waals surface area contributed by atoms with Crippen molar-refractivity contribution >= 4 is 28.9 Å². The highest BCUT2D eigenvalue weighted by Crippen LogP contribution is 2.31. The molecule has 0 aromatic heterocycles. The van der Waals surface area contributed by atoms with E-state index in [1.165, 1.54) is 23.8 Å². The number of carbonyl (C=O) groups excluding carboxylic acids is 1. The molecule has 0 spiro atoms. The summed E-state index contributed by atoms with van der Waals surface area (Å²) in [5, 5.41) is 11.6. The monoisotopic (exact) mass is 381 g/mol. The SMILES string of the molecule is C[C@H]1CCC[NH+](CC(=O)N2CCN(c3ccc(Cl)cc3[N+](=O)[O-])CC2)C1. The fourth-order valence-electron chi connectivity index (χ4n) is 3.99. The van der Waals surface area contributed by atoms with Crippen molar-refractivity contribution in [3.63, 3.8) is 0 Å². The molecule has 3 rings (SSSR count). The summed E-state index contributed by atoms with van der Waals surface area (Å²) in [6.07, 6.45) is 2.45. The normalized spacial score (nSPS) is 23.8. The smallest absolute Gasteiger partial charge is 0.294 e. The van der Waals surface area contributed by atoms with Crippen LogP contribution in [0.5, 0.6) is 0 Å². The van der Waals surface area contributed by atoms with Crippen LogP contribution in [0.4, 0.5) is 11.4 Å². The lowest BCUT2D eigenvalue weighted by Gasteiger charge is -2.36. The van der Waals surface area contributed by atoms with Crippen LogP contribution in [0.2, 0.25) is 5.02 Å². The van der Waals surface area contributed by atoms with Gasteiger partial charge in [0.15, 0.2) is 6.54 Å². The van der Waals surface area contributed by atoms with Gasteiger partial charge in [-0.1, -0.05) is 18.5 Å². The maximum absolute atomic E-state index is 12.6. The maximum atomic E-state index is 12.6. The molecular formula is C18H26ClN4O3+. The third-order valence-electron chi connectivity index (χ3n) is 5.37. The number of anilines is 1. The van der Waals surface area contributed by atoms with E-state index in [9.17, 15) is 14.9 Å². The van der Waals surface area contributed by atoms with E-state index >= 15 is 0 Å². The Morgan fingerprint density at radius 3 is 2.73 bits per heavy atom. The van der Waals surface area contributed by atoms with E-state index in [1.54, 1.807) is 12.1 Å². The van der Waals surface area contributed by atoms with Gasteiger partial charge >= 0.3 is 0 Å². The predicted molar refractivity (Wildman–Crippen MR) is 101 cm³/mol. The molecule has 2 aliphatic heterocycles. The summed E-state index contributed by atoms with van der Waals surface area (Å²) < 4.78 is 0. The van der Waals surface area contributed by atoms with Crippen LogP contribution in [0.15, 0.2) is 18.2 Å². The second-order valence-corrected chi connectivity index (χ2v) is 7.82. The van der Waals surface area contributed by atoms with Gasteiger partial charge in [0, 0.05) is 43.2 Å².